The van der Waals surface area contributed by atoms with Gasteiger partial charge in [-0.25, -0.2) is 9.97 Å². The zero-order chi connectivity index (χ0) is 20.1. The van der Waals surface area contributed by atoms with Crippen LogP contribution in [-0.4, -0.2) is 79.2 Å². The quantitative estimate of drug-likeness (QED) is 0.728. The summed E-state index contributed by atoms with van der Waals surface area (Å²) >= 11 is 0. The van der Waals surface area contributed by atoms with E-state index in [1.54, 1.807) is 0 Å². The van der Waals surface area contributed by atoms with Crippen LogP contribution in [0.25, 0.3) is 11.4 Å². The number of piperazine rings is 1. The van der Waals surface area contributed by atoms with Crippen LogP contribution in [0, 0.1) is 6.92 Å². The van der Waals surface area contributed by atoms with E-state index in [2.05, 4.69) is 63.2 Å². The third-order valence-corrected chi connectivity index (χ3v) is 6.11. The smallest absolute Gasteiger partial charge is 0.161 e. The van der Waals surface area contributed by atoms with E-state index in [0.29, 0.717) is 0 Å². The molecule has 1 N–H and O–H groups in total. The fraction of sp³-hybridized carbons (Fsp3) is 0.565. The van der Waals surface area contributed by atoms with Crippen LogP contribution < -0.4 is 10.2 Å². The Kier molecular flexibility index (Phi) is 6.62. The lowest BCUT2D eigenvalue weighted by Crippen LogP contribution is -2.44. The molecule has 0 spiro atoms. The fourth-order valence-electron chi connectivity index (χ4n) is 4.16. The van der Waals surface area contributed by atoms with Gasteiger partial charge < -0.3 is 20.0 Å². The average molecular weight is 395 g/mol. The Balaban J connectivity index is 1.36. The highest BCUT2D eigenvalue weighted by molar-refractivity contribution is 5.62. The molecular formula is C23H34N6. The van der Waals surface area contributed by atoms with E-state index in [4.69, 9.17) is 4.98 Å². The molecule has 0 aliphatic carbocycles. The first-order chi connectivity index (χ1) is 14.2. The molecule has 1 aromatic heterocycles. The Morgan fingerprint density at radius 2 is 1.69 bits per heavy atom. The molecule has 0 saturated carbocycles. The van der Waals surface area contributed by atoms with Crippen LogP contribution in [-0.2, 0) is 0 Å². The predicted molar refractivity (Wildman–Crippen MR) is 121 cm³/mol. The van der Waals surface area contributed by atoms with Gasteiger partial charge >= 0.3 is 0 Å². The zero-order valence-corrected chi connectivity index (χ0v) is 17.9. The number of nitrogens with zero attached hydrogens (tertiary/aromatic N) is 5. The van der Waals surface area contributed by atoms with Gasteiger partial charge in [0.15, 0.2) is 5.82 Å². The number of rotatable bonds is 7. The minimum Gasteiger partial charge on any atom is -0.370 e. The summed E-state index contributed by atoms with van der Waals surface area (Å²) in [5, 5.41) is 3.52. The molecule has 29 heavy (non-hydrogen) atoms. The maximum atomic E-state index is 4.81. The second-order valence-corrected chi connectivity index (χ2v) is 8.39. The molecule has 2 saturated heterocycles. The van der Waals surface area contributed by atoms with E-state index >= 15 is 0 Å². The first-order valence-electron chi connectivity index (χ1n) is 11.0. The van der Waals surface area contributed by atoms with Crippen LogP contribution in [0.2, 0.25) is 0 Å². The van der Waals surface area contributed by atoms with Gasteiger partial charge in [0, 0.05) is 55.7 Å². The normalized spacial score (nSPS) is 18.3. The van der Waals surface area contributed by atoms with Crippen LogP contribution in [0.3, 0.4) is 0 Å². The molecule has 4 rings (SSSR count). The summed E-state index contributed by atoms with van der Waals surface area (Å²) in [5.74, 6) is 1.75. The molecule has 2 fully saturated rings. The number of aromatic nitrogens is 2. The van der Waals surface area contributed by atoms with Crippen LogP contribution in [0.4, 0.5) is 11.5 Å². The number of anilines is 2. The van der Waals surface area contributed by atoms with E-state index in [1.165, 1.54) is 38.2 Å². The van der Waals surface area contributed by atoms with Gasteiger partial charge in [0.1, 0.15) is 5.82 Å². The highest BCUT2D eigenvalue weighted by atomic mass is 15.2. The molecule has 156 valence electrons. The Labute approximate surface area is 174 Å². The zero-order valence-electron chi connectivity index (χ0n) is 17.9. The molecule has 2 aliphatic rings. The van der Waals surface area contributed by atoms with E-state index in [0.717, 1.165) is 61.9 Å². The molecular weight excluding hydrogens is 360 g/mol. The summed E-state index contributed by atoms with van der Waals surface area (Å²) < 4.78 is 0. The Morgan fingerprint density at radius 1 is 0.966 bits per heavy atom. The van der Waals surface area contributed by atoms with Gasteiger partial charge in [-0.2, -0.15) is 0 Å². The summed E-state index contributed by atoms with van der Waals surface area (Å²) in [6.45, 7) is 11.1. The predicted octanol–water partition coefficient (Wildman–Crippen LogP) is 3.10. The average Bonchev–Trinajstić information content (AvgIpc) is 3.27. The molecule has 0 bridgehead atoms. The van der Waals surface area contributed by atoms with Crippen molar-refractivity contribution in [2.45, 2.75) is 26.2 Å². The van der Waals surface area contributed by atoms with Gasteiger partial charge in [0.2, 0.25) is 0 Å². The van der Waals surface area contributed by atoms with Gasteiger partial charge in [0.25, 0.3) is 0 Å². The molecule has 2 aromatic rings. The number of likely N-dealkylation sites (tertiary alicyclic amines) is 1. The summed E-state index contributed by atoms with van der Waals surface area (Å²) in [4.78, 5) is 16.8. The largest absolute Gasteiger partial charge is 0.370 e. The maximum Gasteiger partial charge on any atom is 0.161 e. The van der Waals surface area contributed by atoms with Crippen molar-refractivity contribution in [3.8, 4) is 11.4 Å². The van der Waals surface area contributed by atoms with Crippen LogP contribution >= 0.6 is 0 Å². The van der Waals surface area contributed by atoms with E-state index in [9.17, 15) is 0 Å². The molecule has 0 unspecified atom stereocenters. The van der Waals surface area contributed by atoms with Gasteiger partial charge in [-0.05, 0) is 77.1 Å². The Hall–Kier alpha value is -2.18. The first kappa shape index (κ1) is 20.1. The fourth-order valence-corrected chi connectivity index (χ4v) is 4.16. The molecule has 0 atom stereocenters. The topological polar surface area (TPSA) is 47.5 Å². The standard InChI is InChI=1S/C23H34N6/c1-19-18-25-23(26-22(19)24-10-5-13-28-11-3-4-12-28)20-6-8-21(9-7-20)29-16-14-27(2)15-17-29/h6-9,18H,3-5,10-17H2,1-2H3,(H,24,25,26). The van der Waals surface area contributed by atoms with E-state index in [-0.39, 0.29) is 0 Å². The number of benzene rings is 1. The second-order valence-electron chi connectivity index (χ2n) is 8.39. The van der Waals surface area contributed by atoms with Gasteiger partial charge in [0.05, 0.1) is 0 Å². The van der Waals surface area contributed by atoms with Crippen LogP contribution in [0.15, 0.2) is 30.5 Å². The maximum absolute atomic E-state index is 4.81. The molecule has 6 heteroatoms. The second kappa shape index (κ2) is 9.55. The summed E-state index contributed by atoms with van der Waals surface area (Å²) in [7, 11) is 2.19. The molecule has 6 nitrogen and oxygen atoms in total. The number of hydrogen-bond acceptors (Lipinski definition) is 6. The van der Waals surface area contributed by atoms with E-state index < -0.39 is 0 Å². The lowest BCUT2D eigenvalue weighted by molar-refractivity contribution is 0.313. The van der Waals surface area contributed by atoms with E-state index in [1.807, 2.05) is 6.20 Å². The molecule has 0 radical (unpaired) electrons. The van der Waals surface area contributed by atoms with Crippen molar-refractivity contribution < 1.29 is 0 Å². The van der Waals surface area contributed by atoms with Crippen molar-refractivity contribution in [1.82, 2.24) is 19.8 Å². The van der Waals surface area contributed by atoms with Crippen LogP contribution in [0.1, 0.15) is 24.8 Å². The third kappa shape index (κ3) is 5.25. The first-order valence-corrected chi connectivity index (χ1v) is 11.0. The van der Waals surface area contributed by atoms with Gasteiger partial charge in [-0.3, -0.25) is 0 Å². The Bertz CT molecular complexity index is 776. The lowest BCUT2D eigenvalue weighted by Gasteiger charge is -2.34. The van der Waals surface area contributed by atoms with Gasteiger partial charge in [-0.15, -0.1) is 0 Å². The van der Waals surface area contributed by atoms with Crippen molar-refractivity contribution in [3.63, 3.8) is 0 Å². The lowest BCUT2D eigenvalue weighted by atomic mass is 10.1. The number of nitrogens with one attached hydrogen (secondary N) is 1. The number of hydrogen-bond donors (Lipinski definition) is 1. The number of likely N-dealkylation sites (N-methyl/N-ethyl adjacent to an activating group) is 1. The van der Waals surface area contributed by atoms with Crippen molar-refractivity contribution in [2.75, 3.05) is 69.6 Å². The van der Waals surface area contributed by atoms with Crippen molar-refractivity contribution >= 4 is 11.5 Å². The summed E-state index contributed by atoms with van der Waals surface area (Å²) in [6.07, 6.45) is 5.79. The monoisotopic (exact) mass is 394 g/mol. The minimum atomic E-state index is 0.794. The summed E-state index contributed by atoms with van der Waals surface area (Å²) in [6, 6.07) is 8.70. The van der Waals surface area contributed by atoms with Crippen molar-refractivity contribution in [1.29, 1.82) is 0 Å². The third-order valence-electron chi connectivity index (χ3n) is 6.11. The Morgan fingerprint density at radius 3 is 2.41 bits per heavy atom. The van der Waals surface area contributed by atoms with Gasteiger partial charge in [-0.1, -0.05) is 0 Å². The van der Waals surface area contributed by atoms with Crippen molar-refractivity contribution in [2.24, 2.45) is 0 Å². The highest BCUT2D eigenvalue weighted by Crippen LogP contribution is 2.23. The van der Waals surface area contributed by atoms with Crippen LogP contribution in [0.5, 0.6) is 0 Å². The molecule has 1 aromatic carbocycles. The van der Waals surface area contributed by atoms with Crippen molar-refractivity contribution in [3.05, 3.63) is 36.0 Å². The SMILES string of the molecule is Cc1cnc(-c2ccc(N3CCN(C)CC3)cc2)nc1NCCCN1CCCC1. The minimum absolute atomic E-state index is 0.794. The highest BCUT2D eigenvalue weighted by Gasteiger charge is 2.15. The molecule has 0 amide bonds. The number of aryl methyl sites for hydroxylation is 1. The summed E-state index contributed by atoms with van der Waals surface area (Å²) in [5.41, 5.74) is 3.46. The molecule has 3 heterocycles. The molecule has 2 aliphatic heterocycles.